The molecular weight excluding hydrogens is 274 g/mol. The fraction of sp³-hybridized carbons (Fsp3) is 0.455. The zero-order valence-corrected chi connectivity index (χ0v) is 11.9. The Morgan fingerprint density at radius 1 is 1.65 bits per heavy atom. The molecule has 0 bridgehead atoms. The summed E-state index contributed by atoms with van der Waals surface area (Å²) >= 11 is 6.02. The van der Waals surface area contributed by atoms with Crippen LogP contribution in [0.2, 0.25) is 0 Å². The third-order valence-corrected chi connectivity index (χ3v) is 5.33. The number of alkyl halides is 1. The smallest absolute Gasteiger partial charge is 0.126 e. The Balaban J connectivity index is 2.25. The second-order valence-electron chi connectivity index (χ2n) is 3.92. The van der Waals surface area contributed by atoms with Crippen LogP contribution in [-0.4, -0.2) is 28.4 Å². The van der Waals surface area contributed by atoms with Crippen LogP contribution in [0.5, 0.6) is 0 Å². The number of nitriles is 1. The molecule has 1 aliphatic carbocycles. The average molecular weight is 286 g/mol. The molecule has 2 unspecified atom stereocenters. The van der Waals surface area contributed by atoms with E-state index in [1.165, 1.54) is 11.0 Å². The maximum atomic E-state index is 9.17. The van der Waals surface area contributed by atoms with Crippen LogP contribution in [-0.2, 0) is 0 Å². The molecule has 0 N–H and O–H groups in total. The molecule has 2 atom stereocenters. The molecule has 1 aliphatic heterocycles. The van der Waals surface area contributed by atoms with Gasteiger partial charge in [-0.05, 0) is 23.8 Å². The minimum absolute atomic E-state index is 0.0674. The first kappa shape index (κ1) is 12.9. The maximum absolute atomic E-state index is 9.17. The van der Waals surface area contributed by atoms with E-state index in [1.807, 2.05) is 26.1 Å². The van der Waals surface area contributed by atoms with Crippen LogP contribution in [0.3, 0.4) is 0 Å². The summed E-state index contributed by atoms with van der Waals surface area (Å²) < 4.78 is 4.30. The summed E-state index contributed by atoms with van der Waals surface area (Å²) in [7, 11) is 5.19. The summed E-state index contributed by atoms with van der Waals surface area (Å²) in [6, 6.07) is 2.25. The lowest BCUT2D eigenvalue weighted by atomic mass is 10.0. The number of allylic oxidation sites excluding steroid dienone is 3. The van der Waals surface area contributed by atoms with Gasteiger partial charge >= 0.3 is 0 Å². The molecule has 0 fully saturated rings. The molecular formula is C11H12ClN3S2. The Morgan fingerprint density at radius 2 is 2.41 bits per heavy atom. The summed E-state index contributed by atoms with van der Waals surface area (Å²) in [4.78, 5) is 2.10. The van der Waals surface area contributed by atoms with Crippen LogP contribution >= 0.6 is 33.4 Å². The van der Waals surface area contributed by atoms with Crippen molar-refractivity contribution in [1.82, 2.24) is 4.90 Å². The van der Waals surface area contributed by atoms with Gasteiger partial charge in [-0.3, -0.25) is 0 Å². The number of hydrogen-bond acceptors (Lipinski definition) is 5. The van der Waals surface area contributed by atoms with E-state index in [-0.39, 0.29) is 10.8 Å². The molecule has 0 saturated heterocycles. The van der Waals surface area contributed by atoms with E-state index in [9.17, 15) is 0 Å². The lowest BCUT2D eigenvalue weighted by molar-refractivity contribution is 0.459. The molecule has 1 heterocycles. The molecule has 2 aliphatic rings. The third-order valence-electron chi connectivity index (χ3n) is 2.71. The normalized spacial score (nSPS) is 28.0. The highest BCUT2D eigenvalue weighted by Crippen LogP contribution is 2.39. The lowest BCUT2D eigenvalue weighted by Crippen LogP contribution is -2.33. The second kappa shape index (κ2) is 5.38. The van der Waals surface area contributed by atoms with Gasteiger partial charge in [0.1, 0.15) is 5.37 Å². The summed E-state index contributed by atoms with van der Waals surface area (Å²) in [6.07, 6.45) is 4.49. The molecule has 0 aromatic rings. The molecule has 17 heavy (non-hydrogen) atoms. The van der Waals surface area contributed by atoms with Gasteiger partial charge in [-0.1, -0.05) is 6.08 Å². The Bertz CT molecular complexity index is 450. The van der Waals surface area contributed by atoms with Gasteiger partial charge in [0, 0.05) is 24.4 Å². The molecule has 0 aromatic carbocycles. The molecule has 90 valence electrons. The molecule has 0 spiro atoms. The number of nitrogens with zero attached hydrogens (tertiary/aromatic N) is 3. The fourth-order valence-corrected chi connectivity index (χ4v) is 4.41. The van der Waals surface area contributed by atoms with Gasteiger partial charge < -0.3 is 4.90 Å². The predicted molar refractivity (Wildman–Crippen MR) is 75.9 cm³/mol. The molecule has 0 radical (unpaired) electrons. The Morgan fingerprint density at radius 3 is 3.00 bits per heavy atom. The highest BCUT2D eigenvalue weighted by atomic mass is 35.5. The first-order valence-electron chi connectivity index (χ1n) is 5.19. The van der Waals surface area contributed by atoms with Crippen molar-refractivity contribution in [2.45, 2.75) is 24.1 Å². The average Bonchev–Trinajstić information content (AvgIpc) is 2.74. The predicted octanol–water partition coefficient (Wildman–Crippen LogP) is 3.36. The van der Waals surface area contributed by atoms with Gasteiger partial charge in [0.2, 0.25) is 0 Å². The fourth-order valence-electron chi connectivity index (χ4n) is 1.80. The summed E-state index contributed by atoms with van der Waals surface area (Å²) in [5.41, 5.74) is 2.79. The molecule has 3 nitrogen and oxygen atoms in total. The quantitative estimate of drug-likeness (QED) is 0.443. The van der Waals surface area contributed by atoms with Gasteiger partial charge in [-0.15, -0.1) is 11.6 Å². The molecule has 0 saturated carbocycles. The van der Waals surface area contributed by atoms with E-state index in [1.54, 1.807) is 10.8 Å². The zero-order chi connectivity index (χ0) is 12.4. The van der Waals surface area contributed by atoms with Crippen molar-refractivity contribution >= 4 is 39.1 Å². The van der Waals surface area contributed by atoms with E-state index < -0.39 is 0 Å². The maximum Gasteiger partial charge on any atom is 0.126 e. The Kier molecular flexibility index (Phi) is 4.08. The number of rotatable bonds is 2. The Hall–Kier alpha value is -0.570. The number of hydrogen-bond donors (Lipinski definition) is 0. The van der Waals surface area contributed by atoms with Crippen LogP contribution < -0.4 is 0 Å². The molecule has 2 rings (SSSR count). The van der Waals surface area contributed by atoms with E-state index in [0.29, 0.717) is 6.42 Å². The van der Waals surface area contributed by atoms with Crippen molar-refractivity contribution in [1.29, 1.82) is 5.26 Å². The van der Waals surface area contributed by atoms with Gasteiger partial charge in [-0.2, -0.15) is 5.26 Å². The zero-order valence-electron chi connectivity index (χ0n) is 9.55. The largest absolute Gasteiger partial charge is 0.356 e. The number of halogens is 1. The highest BCUT2D eigenvalue weighted by Gasteiger charge is 2.27. The van der Waals surface area contributed by atoms with Crippen LogP contribution in [0.15, 0.2) is 27.8 Å². The number of likely N-dealkylation sites (N-methyl/N-ethyl adjacent to an activating group) is 1. The third kappa shape index (κ3) is 2.65. The minimum Gasteiger partial charge on any atom is -0.356 e. The van der Waals surface area contributed by atoms with E-state index in [0.717, 1.165) is 17.0 Å². The standard InChI is InChI=1S/C11H12ClN3S2/c1-7-11(16-17-14-7)15(2)10-4-3-9(12)5-8(10)6-13/h3-4,9,11H,5H2,1-2H3. The van der Waals surface area contributed by atoms with Crippen LogP contribution in [0.4, 0.5) is 0 Å². The monoisotopic (exact) mass is 285 g/mol. The Labute approximate surface area is 114 Å². The van der Waals surface area contributed by atoms with E-state index in [2.05, 4.69) is 15.4 Å². The second-order valence-corrected chi connectivity index (χ2v) is 6.48. The first-order valence-corrected chi connectivity index (χ1v) is 7.79. The van der Waals surface area contributed by atoms with Crippen LogP contribution in [0.1, 0.15) is 13.3 Å². The van der Waals surface area contributed by atoms with Crippen LogP contribution in [0.25, 0.3) is 0 Å². The van der Waals surface area contributed by atoms with E-state index in [4.69, 9.17) is 16.9 Å². The van der Waals surface area contributed by atoms with Gasteiger partial charge in [0.25, 0.3) is 0 Å². The molecule has 0 amide bonds. The first-order chi connectivity index (χ1) is 8.13. The summed E-state index contributed by atoms with van der Waals surface area (Å²) in [5.74, 6) is 0. The van der Waals surface area contributed by atoms with Gasteiger partial charge in [-0.25, -0.2) is 4.40 Å². The van der Waals surface area contributed by atoms with Crippen molar-refractivity contribution in [2.75, 3.05) is 7.05 Å². The van der Waals surface area contributed by atoms with Crippen molar-refractivity contribution in [2.24, 2.45) is 4.40 Å². The van der Waals surface area contributed by atoms with Crippen molar-refractivity contribution < 1.29 is 0 Å². The highest BCUT2D eigenvalue weighted by molar-refractivity contribution is 8.77. The molecule has 6 heteroatoms. The molecule has 0 aromatic heterocycles. The van der Waals surface area contributed by atoms with Crippen molar-refractivity contribution in [3.63, 3.8) is 0 Å². The topological polar surface area (TPSA) is 39.4 Å². The summed E-state index contributed by atoms with van der Waals surface area (Å²) in [5, 5.41) is 9.30. The SMILES string of the molecule is CC1=NSSC1N(C)C1=C(C#N)CC(Cl)C=C1. The summed E-state index contributed by atoms with van der Waals surface area (Å²) in [6.45, 7) is 2.01. The van der Waals surface area contributed by atoms with Gasteiger partial charge in [0.05, 0.1) is 28.4 Å². The van der Waals surface area contributed by atoms with Crippen molar-refractivity contribution in [3.05, 3.63) is 23.4 Å². The minimum atomic E-state index is -0.0674. The van der Waals surface area contributed by atoms with Crippen molar-refractivity contribution in [3.8, 4) is 6.07 Å². The van der Waals surface area contributed by atoms with Crippen LogP contribution in [0, 0.1) is 11.3 Å². The van der Waals surface area contributed by atoms with E-state index >= 15 is 0 Å². The van der Waals surface area contributed by atoms with Gasteiger partial charge in [0.15, 0.2) is 0 Å². The lowest BCUT2D eigenvalue weighted by Gasteiger charge is -2.29.